The second kappa shape index (κ2) is 11.2. The van der Waals surface area contributed by atoms with Gasteiger partial charge in [-0.3, -0.25) is 10.4 Å². The zero-order valence-corrected chi connectivity index (χ0v) is 19.8. The van der Waals surface area contributed by atoms with E-state index in [1.165, 1.54) is 6.33 Å². The average Bonchev–Trinajstić information content (AvgIpc) is 3.34. The van der Waals surface area contributed by atoms with Gasteiger partial charge in [-0.1, -0.05) is 18.7 Å². The highest BCUT2D eigenvalue weighted by atomic mass is 16.5. The number of anilines is 3. The van der Waals surface area contributed by atoms with Crippen molar-refractivity contribution in [2.75, 3.05) is 24.8 Å². The van der Waals surface area contributed by atoms with Gasteiger partial charge in [-0.25, -0.2) is 19.9 Å². The number of hydrogen-bond acceptors (Lipinski definition) is 10. The minimum atomic E-state index is -0.951. The third-order valence-corrected chi connectivity index (χ3v) is 4.84. The van der Waals surface area contributed by atoms with E-state index in [0.29, 0.717) is 51.6 Å². The third-order valence-electron chi connectivity index (χ3n) is 4.84. The van der Waals surface area contributed by atoms with Crippen LogP contribution in [0.3, 0.4) is 0 Å². The van der Waals surface area contributed by atoms with Crippen LogP contribution in [-0.4, -0.2) is 49.4 Å². The average molecular weight is 464 g/mol. The Morgan fingerprint density at radius 2 is 2.00 bits per heavy atom. The zero-order valence-electron chi connectivity index (χ0n) is 19.8. The molecule has 0 spiro atoms. The van der Waals surface area contributed by atoms with Gasteiger partial charge in [-0.2, -0.15) is 5.10 Å². The van der Waals surface area contributed by atoms with E-state index in [9.17, 15) is 5.11 Å². The normalized spacial score (nSPS) is 13.2. The summed E-state index contributed by atoms with van der Waals surface area (Å²) in [5, 5.41) is 26.7. The largest absolute Gasteiger partial charge is 0.494 e. The van der Waals surface area contributed by atoms with Gasteiger partial charge in [0, 0.05) is 29.6 Å². The number of H-pyrrole nitrogens is 1. The fraction of sp³-hybridized carbons (Fsp3) is 0.261. The second-order valence-corrected chi connectivity index (χ2v) is 7.22. The molecule has 11 heteroatoms. The standard InChI is InChI=1S/C23H29N9O2/c1-7-15(22-26-12-27-32-22)21(34-6)17(8-2)30-18-10-19(25-11-16(18)23(33)24-5)31-20-9-13(3)28-14(4)29-20/h7-12,23-24,33H,1H2,2-6H3,(H,26,27,32)(H2,25,28,29,30,31)/b17-8+,21-15-. The molecule has 5 N–H and O–H groups in total. The molecule has 0 fully saturated rings. The van der Waals surface area contributed by atoms with E-state index in [1.54, 1.807) is 32.5 Å². The predicted octanol–water partition coefficient (Wildman–Crippen LogP) is 3.12. The number of nitrogens with zero attached hydrogens (tertiary/aromatic N) is 5. The summed E-state index contributed by atoms with van der Waals surface area (Å²) in [5.74, 6) is 2.72. The van der Waals surface area contributed by atoms with E-state index in [0.717, 1.165) is 5.69 Å². The Balaban J connectivity index is 2.03. The van der Waals surface area contributed by atoms with Gasteiger partial charge in [-0.15, -0.1) is 0 Å². The SMILES string of the molecule is C=C/C(=C(OC)\C(=C/C)Nc1cc(Nc2cc(C)nc(C)n2)ncc1C(O)NC)c1nc[nH]n1. The molecule has 3 heterocycles. The first-order valence-electron chi connectivity index (χ1n) is 10.5. The smallest absolute Gasteiger partial charge is 0.184 e. The highest BCUT2D eigenvalue weighted by Gasteiger charge is 2.19. The summed E-state index contributed by atoms with van der Waals surface area (Å²) in [6, 6.07) is 3.61. The molecule has 0 saturated heterocycles. The number of rotatable bonds is 10. The summed E-state index contributed by atoms with van der Waals surface area (Å²) >= 11 is 0. The molecule has 1 atom stereocenters. The first-order chi connectivity index (χ1) is 16.4. The van der Waals surface area contributed by atoms with Crippen molar-refractivity contribution in [3.8, 4) is 0 Å². The molecule has 0 bridgehead atoms. The zero-order chi connectivity index (χ0) is 24.7. The van der Waals surface area contributed by atoms with Gasteiger partial charge >= 0.3 is 0 Å². The molecule has 0 aromatic carbocycles. The third kappa shape index (κ3) is 5.63. The van der Waals surface area contributed by atoms with Crippen LogP contribution in [0.15, 0.2) is 54.8 Å². The summed E-state index contributed by atoms with van der Waals surface area (Å²) < 4.78 is 5.69. The van der Waals surface area contributed by atoms with Crippen molar-refractivity contribution in [3.05, 3.63) is 77.8 Å². The van der Waals surface area contributed by atoms with Crippen LogP contribution in [0.2, 0.25) is 0 Å². The lowest BCUT2D eigenvalue weighted by atomic mass is 10.1. The lowest BCUT2D eigenvalue weighted by Crippen LogP contribution is -2.18. The number of allylic oxidation sites excluding steroid dienone is 3. The molecule has 3 aromatic heterocycles. The van der Waals surface area contributed by atoms with Crippen LogP contribution < -0.4 is 16.0 Å². The Morgan fingerprint density at radius 1 is 1.21 bits per heavy atom. The molecule has 0 aliphatic rings. The Morgan fingerprint density at radius 3 is 2.59 bits per heavy atom. The quantitative estimate of drug-likeness (QED) is 0.173. The summed E-state index contributed by atoms with van der Waals surface area (Å²) in [4.78, 5) is 17.3. The number of nitrogens with one attached hydrogen (secondary N) is 4. The maximum absolute atomic E-state index is 10.5. The van der Waals surface area contributed by atoms with Crippen molar-refractivity contribution in [1.29, 1.82) is 0 Å². The number of aliphatic hydroxyl groups excluding tert-OH is 1. The van der Waals surface area contributed by atoms with Gasteiger partial charge in [-0.05, 0) is 27.8 Å². The molecule has 0 saturated carbocycles. The monoisotopic (exact) mass is 463 g/mol. The Kier molecular flexibility index (Phi) is 8.06. The van der Waals surface area contributed by atoms with Crippen LogP contribution in [0.25, 0.3) is 5.57 Å². The van der Waals surface area contributed by atoms with E-state index in [4.69, 9.17) is 4.74 Å². The summed E-state index contributed by atoms with van der Waals surface area (Å²) in [6.45, 7) is 9.46. The van der Waals surface area contributed by atoms with Gasteiger partial charge in [0.15, 0.2) is 11.6 Å². The lowest BCUT2D eigenvalue weighted by molar-refractivity contribution is 0.149. The van der Waals surface area contributed by atoms with Gasteiger partial charge in [0.2, 0.25) is 0 Å². The Bertz CT molecular complexity index is 1180. The van der Waals surface area contributed by atoms with Crippen LogP contribution in [0.5, 0.6) is 0 Å². The summed E-state index contributed by atoms with van der Waals surface area (Å²) in [7, 11) is 3.21. The highest BCUT2D eigenvalue weighted by molar-refractivity contribution is 5.76. The van der Waals surface area contributed by atoms with E-state index >= 15 is 0 Å². The van der Waals surface area contributed by atoms with Gasteiger partial charge in [0.25, 0.3) is 0 Å². The van der Waals surface area contributed by atoms with E-state index in [2.05, 4.69) is 52.7 Å². The van der Waals surface area contributed by atoms with Gasteiger partial charge in [0.1, 0.15) is 30.0 Å². The maximum Gasteiger partial charge on any atom is 0.184 e. The predicted molar refractivity (Wildman–Crippen MR) is 131 cm³/mol. The van der Waals surface area contributed by atoms with Crippen molar-refractivity contribution < 1.29 is 9.84 Å². The number of hydrogen-bond donors (Lipinski definition) is 5. The van der Waals surface area contributed by atoms with E-state index < -0.39 is 6.23 Å². The molecule has 1 unspecified atom stereocenters. The minimum Gasteiger partial charge on any atom is -0.494 e. The van der Waals surface area contributed by atoms with E-state index in [1.807, 2.05) is 32.9 Å². The molecule has 0 aliphatic carbocycles. The van der Waals surface area contributed by atoms with Crippen LogP contribution in [-0.2, 0) is 4.74 Å². The fourth-order valence-corrected chi connectivity index (χ4v) is 3.32. The number of pyridine rings is 1. The molecular weight excluding hydrogens is 434 g/mol. The second-order valence-electron chi connectivity index (χ2n) is 7.22. The van der Waals surface area contributed by atoms with Gasteiger partial charge in [0.05, 0.1) is 24.1 Å². The summed E-state index contributed by atoms with van der Waals surface area (Å²) in [5.41, 5.74) is 3.20. The number of methoxy groups -OCH3 is 1. The molecule has 178 valence electrons. The maximum atomic E-state index is 10.5. The van der Waals surface area contributed by atoms with Crippen molar-refractivity contribution in [1.82, 2.24) is 35.5 Å². The molecule has 3 aromatic rings. The number of aromatic amines is 1. The lowest BCUT2D eigenvalue weighted by Gasteiger charge is -2.20. The Labute approximate surface area is 198 Å². The first-order valence-corrected chi connectivity index (χ1v) is 10.5. The van der Waals surface area contributed by atoms with E-state index in [-0.39, 0.29) is 0 Å². The minimum absolute atomic E-state index is 0.440. The first kappa shape index (κ1) is 24.6. The number of aromatic nitrogens is 6. The van der Waals surface area contributed by atoms with Crippen LogP contribution >= 0.6 is 0 Å². The van der Waals surface area contributed by atoms with Crippen molar-refractivity contribution >= 4 is 22.9 Å². The van der Waals surface area contributed by atoms with Gasteiger partial charge < -0.3 is 20.5 Å². The number of aliphatic hydroxyl groups is 1. The van der Waals surface area contributed by atoms with Crippen molar-refractivity contribution in [2.24, 2.45) is 0 Å². The summed E-state index contributed by atoms with van der Waals surface area (Å²) in [6.07, 6.45) is 5.58. The molecule has 3 rings (SSSR count). The number of ether oxygens (including phenoxy) is 1. The highest BCUT2D eigenvalue weighted by Crippen LogP contribution is 2.30. The molecule has 34 heavy (non-hydrogen) atoms. The molecule has 11 nitrogen and oxygen atoms in total. The molecule has 0 aliphatic heterocycles. The van der Waals surface area contributed by atoms with Crippen molar-refractivity contribution in [2.45, 2.75) is 27.0 Å². The van der Waals surface area contributed by atoms with Crippen molar-refractivity contribution in [3.63, 3.8) is 0 Å². The van der Waals surface area contributed by atoms with Crippen LogP contribution in [0.1, 0.15) is 36.1 Å². The van der Waals surface area contributed by atoms with Crippen LogP contribution in [0, 0.1) is 13.8 Å². The Hall–Kier alpha value is -4.09. The number of aryl methyl sites for hydroxylation is 2. The molecule has 0 amide bonds. The topological polar surface area (TPSA) is 146 Å². The van der Waals surface area contributed by atoms with Crippen LogP contribution in [0.4, 0.5) is 17.3 Å². The fourth-order valence-electron chi connectivity index (χ4n) is 3.32. The molecular formula is C23H29N9O2. The molecule has 0 radical (unpaired) electrons.